The molecule has 152 valence electrons. The standard InChI is InChI=1S/C18H29NO6SSi/c1-18(2,3)27(4,5)25-17-9-7-6-8-16(17)24-26(22,23)15-12-10-14(11-13-15)19(20)21/h10-13,16-17H,6-9H2,1-5H3. The van der Waals surface area contributed by atoms with Crippen LogP contribution in [-0.4, -0.2) is 33.9 Å². The Hall–Kier alpha value is -1.29. The average Bonchev–Trinajstić information content (AvgIpc) is 2.55. The summed E-state index contributed by atoms with van der Waals surface area (Å²) in [5, 5.41) is 10.8. The monoisotopic (exact) mass is 415 g/mol. The lowest BCUT2D eigenvalue weighted by Gasteiger charge is -2.42. The van der Waals surface area contributed by atoms with E-state index in [1.54, 1.807) is 0 Å². The molecule has 0 aromatic heterocycles. The van der Waals surface area contributed by atoms with Gasteiger partial charge in [-0.25, -0.2) is 0 Å². The Bertz CT molecular complexity index is 770. The predicted molar refractivity (Wildman–Crippen MR) is 106 cm³/mol. The van der Waals surface area contributed by atoms with Gasteiger partial charge in [0.25, 0.3) is 15.8 Å². The lowest BCUT2D eigenvalue weighted by Crippen LogP contribution is -2.48. The third kappa shape index (κ3) is 5.37. The van der Waals surface area contributed by atoms with Gasteiger partial charge >= 0.3 is 0 Å². The molecule has 0 N–H and O–H groups in total. The first-order valence-corrected chi connectivity index (χ1v) is 13.5. The van der Waals surface area contributed by atoms with Gasteiger partial charge < -0.3 is 4.43 Å². The van der Waals surface area contributed by atoms with E-state index in [1.165, 1.54) is 24.3 Å². The molecule has 2 atom stereocenters. The molecule has 0 saturated heterocycles. The predicted octanol–water partition coefficient (Wildman–Crippen LogP) is 4.63. The van der Waals surface area contributed by atoms with Gasteiger partial charge in [0.15, 0.2) is 8.32 Å². The van der Waals surface area contributed by atoms with E-state index in [1.807, 2.05) is 0 Å². The lowest BCUT2D eigenvalue weighted by molar-refractivity contribution is -0.384. The molecule has 0 heterocycles. The number of nitro groups is 1. The zero-order chi connectivity index (χ0) is 20.5. The first kappa shape index (κ1) is 22.0. The third-order valence-corrected chi connectivity index (χ3v) is 11.3. The van der Waals surface area contributed by atoms with Crippen molar-refractivity contribution in [3.8, 4) is 0 Å². The second-order valence-electron chi connectivity index (χ2n) is 8.54. The van der Waals surface area contributed by atoms with E-state index < -0.39 is 29.5 Å². The van der Waals surface area contributed by atoms with Crippen LogP contribution in [0.5, 0.6) is 0 Å². The van der Waals surface area contributed by atoms with Crippen molar-refractivity contribution >= 4 is 24.1 Å². The molecule has 0 bridgehead atoms. The molecule has 1 fully saturated rings. The van der Waals surface area contributed by atoms with Gasteiger partial charge in [0.05, 0.1) is 15.9 Å². The summed E-state index contributed by atoms with van der Waals surface area (Å²) in [6, 6.07) is 4.75. The average molecular weight is 416 g/mol. The molecule has 27 heavy (non-hydrogen) atoms. The van der Waals surface area contributed by atoms with Crippen molar-refractivity contribution in [2.24, 2.45) is 0 Å². The second-order valence-corrected chi connectivity index (χ2v) is 14.9. The quantitative estimate of drug-likeness (QED) is 0.291. The van der Waals surface area contributed by atoms with Crippen LogP contribution in [0.25, 0.3) is 0 Å². The fraction of sp³-hybridized carbons (Fsp3) is 0.667. The Kier molecular flexibility index (Phi) is 6.50. The smallest absolute Gasteiger partial charge is 0.297 e. The van der Waals surface area contributed by atoms with Crippen LogP contribution in [0.3, 0.4) is 0 Å². The highest BCUT2D eigenvalue weighted by Crippen LogP contribution is 2.40. The molecule has 0 aliphatic heterocycles. The summed E-state index contributed by atoms with van der Waals surface area (Å²) in [4.78, 5) is 10.1. The zero-order valence-electron chi connectivity index (χ0n) is 16.6. The second kappa shape index (κ2) is 7.98. The number of nitro benzene ring substituents is 1. The van der Waals surface area contributed by atoms with Crippen molar-refractivity contribution in [3.63, 3.8) is 0 Å². The molecule has 1 aromatic carbocycles. The maximum absolute atomic E-state index is 12.7. The molecule has 0 radical (unpaired) electrons. The van der Waals surface area contributed by atoms with Crippen LogP contribution in [0, 0.1) is 10.1 Å². The van der Waals surface area contributed by atoms with Crippen molar-refractivity contribution in [3.05, 3.63) is 34.4 Å². The van der Waals surface area contributed by atoms with Crippen LogP contribution in [0.2, 0.25) is 18.1 Å². The van der Waals surface area contributed by atoms with Gasteiger partial charge in [-0.3, -0.25) is 14.3 Å². The minimum Gasteiger partial charge on any atom is -0.411 e. The molecular formula is C18H29NO6SSi. The van der Waals surface area contributed by atoms with E-state index in [0.717, 1.165) is 19.3 Å². The molecule has 7 nitrogen and oxygen atoms in total. The Morgan fingerprint density at radius 1 is 1.07 bits per heavy atom. The topological polar surface area (TPSA) is 95.7 Å². The zero-order valence-corrected chi connectivity index (χ0v) is 18.4. The largest absolute Gasteiger partial charge is 0.411 e. The Balaban J connectivity index is 2.18. The normalized spacial score (nSPS) is 21.8. The van der Waals surface area contributed by atoms with Gasteiger partial charge in [-0.2, -0.15) is 8.42 Å². The molecule has 1 aliphatic rings. The van der Waals surface area contributed by atoms with Crippen molar-refractivity contribution in [1.29, 1.82) is 0 Å². The SMILES string of the molecule is CC(C)(C)[Si](C)(C)OC1CCCCC1OS(=O)(=O)c1ccc([N+](=O)[O-])cc1. The van der Waals surface area contributed by atoms with Crippen LogP contribution in [0.15, 0.2) is 29.2 Å². The molecule has 1 saturated carbocycles. The summed E-state index contributed by atoms with van der Waals surface area (Å²) in [5.74, 6) is 0. The highest BCUT2D eigenvalue weighted by molar-refractivity contribution is 7.86. The van der Waals surface area contributed by atoms with Crippen LogP contribution in [0.4, 0.5) is 5.69 Å². The third-order valence-electron chi connectivity index (χ3n) is 5.48. The lowest BCUT2D eigenvalue weighted by atomic mass is 9.95. The molecular weight excluding hydrogens is 386 g/mol. The Labute approximate surface area is 162 Å². The highest BCUT2D eigenvalue weighted by Gasteiger charge is 2.42. The van der Waals surface area contributed by atoms with Gasteiger partial charge in [0.2, 0.25) is 0 Å². The fourth-order valence-electron chi connectivity index (χ4n) is 2.82. The molecule has 1 aromatic rings. The molecule has 2 rings (SSSR count). The molecule has 0 amide bonds. The summed E-state index contributed by atoms with van der Waals surface area (Å²) in [5.41, 5.74) is -0.161. The van der Waals surface area contributed by atoms with Gasteiger partial charge in [-0.1, -0.05) is 33.6 Å². The number of benzene rings is 1. The van der Waals surface area contributed by atoms with Crippen LogP contribution in [0.1, 0.15) is 46.5 Å². The van der Waals surface area contributed by atoms with Crippen molar-refractivity contribution < 1.29 is 22.0 Å². The summed E-state index contributed by atoms with van der Waals surface area (Å²) < 4.78 is 37.3. The molecule has 9 heteroatoms. The summed E-state index contributed by atoms with van der Waals surface area (Å²) in [6.45, 7) is 10.7. The molecule has 0 spiro atoms. The van der Waals surface area contributed by atoms with Gasteiger partial charge in [0.1, 0.15) is 6.10 Å². The van der Waals surface area contributed by atoms with E-state index in [9.17, 15) is 18.5 Å². The summed E-state index contributed by atoms with van der Waals surface area (Å²) >= 11 is 0. The van der Waals surface area contributed by atoms with Crippen LogP contribution >= 0.6 is 0 Å². The van der Waals surface area contributed by atoms with Crippen molar-refractivity contribution in [2.45, 2.75) is 81.7 Å². The Morgan fingerprint density at radius 3 is 2.07 bits per heavy atom. The van der Waals surface area contributed by atoms with Crippen LogP contribution in [-0.2, 0) is 18.7 Å². The van der Waals surface area contributed by atoms with E-state index in [-0.39, 0.29) is 21.7 Å². The van der Waals surface area contributed by atoms with E-state index in [0.29, 0.717) is 6.42 Å². The summed E-state index contributed by atoms with van der Waals surface area (Å²) in [7, 11) is -6.07. The maximum atomic E-state index is 12.7. The number of rotatable bonds is 6. The highest BCUT2D eigenvalue weighted by atomic mass is 32.2. The number of non-ortho nitro benzene ring substituents is 1. The van der Waals surface area contributed by atoms with E-state index in [2.05, 4.69) is 33.9 Å². The number of hydrogen-bond donors (Lipinski definition) is 0. The van der Waals surface area contributed by atoms with Gasteiger partial charge in [-0.05, 0) is 43.1 Å². The maximum Gasteiger partial charge on any atom is 0.297 e. The minimum atomic E-state index is -4.01. The molecule has 1 aliphatic carbocycles. The first-order chi connectivity index (χ1) is 12.3. The van der Waals surface area contributed by atoms with Gasteiger partial charge in [-0.15, -0.1) is 0 Å². The van der Waals surface area contributed by atoms with E-state index >= 15 is 0 Å². The van der Waals surface area contributed by atoms with Crippen molar-refractivity contribution in [1.82, 2.24) is 0 Å². The number of nitrogens with zero attached hydrogens (tertiary/aromatic N) is 1. The number of hydrogen-bond acceptors (Lipinski definition) is 6. The van der Waals surface area contributed by atoms with Crippen molar-refractivity contribution in [2.75, 3.05) is 0 Å². The van der Waals surface area contributed by atoms with Crippen LogP contribution < -0.4 is 0 Å². The van der Waals surface area contributed by atoms with E-state index in [4.69, 9.17) is 8.61 Å². The molecule has 2 unspecified atom stereocenters. The summed E-state index contributed by atoms with van der Waals surface area (Å²) in [6.07, 6.45) is 2.47. The first-order valence-electron chi connectivity index (χ1n) is 9.19. The van der Waals surface area contributed by atoms with Gasteiger partial charge in [0, 0.05) is 12.1 Å². The minimum absolute atomic E-state index is 0.0201. The fourth-order valence-corrected chi connectivity index (χ4v) is 5.32. The Morgan fingerprint density at radius 2 is 1.59 bits per heavy atom.